The molecule has 0 spiro atoms. The molecule has 1 aromatic rings. The molecule has 94 valence electrons. The summed E-state index contributed by atoms with van der Waals surface area (Å²) in [5.41, 5.74) is 2.06. The summed E-state index contributed by atoms with van der Waals surface area (Å²) < 4.78 is 5.88. The van der Waals surface area contributed by atoms with E-state index in [0.29, 0.717) is 0 Å². The number of rotatable bonds is 7. The summed E-state index contributed by atoms with van der Waals surface area (Å²) in [6.45, 7) is 11.4. The van der Waals surface area contributed by atoms with Gasteiger partial charge in [-0.1, -0.05) is 13.0 Å². The number of hydrogen-bond donors (Lipinski definition) is 1. The van der Waals surface area contributed by atoms with E-state index in [2.05, 4.69) is 30.7 Å². The molecule has 0 aliphatic rings. The van der Waals surface area contributed by atoms with Crippen LogP contribution in [0.3, 0.4) is 0 Å². The third kappa shape index (κ3) is 4.57. The van der Waals surface area contributed by atoms with Crippen LogP contribution >= 0.6 is 0 Å². The second kappa shape index (κ2) is 7.07. The highest BCUT2D eigenvalue weighted by Crippen LogP contribution is 2.18. The van der Waals surface area contributed by atoms with Gasteiger partial charge in [-0.15, -0.1) is 6.58 Å². The van der Waals surface area contributed by atoms with Gasteiger partial charge in [0.2, 0.25) is 0 Å². The molecule has 0 radical (unpaired) electrons. The van der Waals surface area contributed by atoms with Crippen LogP contribution in [0.5, 0.6) is 5.75 Å². The van der Waals surface area contributed by atoms with Crippen LogP contribution in [0.4, 0.5) is 0 Å². The molecular weight excluding hydrogens is 212 g/mol. The molecule has 1 atom stereocenters. The fraction of sp³-hybridized carbons (Fsp3) is 0.500. The van der Waals surface area contributed by atoms with Gasteiger partial charge in [-0.25, -0.2) is 0 Å². The van der Waals surface area contributed by atoms with Crippen molar-refractivity contribution in [1.29, 1.82) is 0 Å². The van der Waals surface area contributed by atoms with Crippen LogP contribution in [0.1, 0.15) is 25.2 Å². The first-order chi connectivity index (χ1) is 8.17. The van der Waals surface area contributed by atoms with Crippen LogP contribution in [0.15, 0.2) is 24.8 Å². The van der Waals surface area contributed by atoms with E-state index >= 15 is 0 Å². The number of hydrogen-bond acceptors (Lipinski definition) is 3. The minimum atomic E-state index is 0.129. The standard InChI is InChI=1S/C14H22N2O/c1-5-9-15-10-12(4)17-14-8-7-11(3)16-13(14)6-2/h5,7-8,12,15H,1,6,9-10H2,2-4H3. The minimum absolute atomic E-state index is 0.129. The molecule has 3 nitrogen and oxygen atoms in total. The average molecular weight is 234 g/mol. The van der Waals surface area contributed by atoms with Gasteiger partial charge in [0.05, 0.1) is 5.69 Å². The van der Waals surface area contributed by atoms with Crippen molar-refractivity contribution in [2.45, 2.75) is 33.3 Å². The molecular formula is C14H22N2O. The first-order valence-corrected chi connectivity index (χ1v) is 6.12. The average Bonchev–Trinajstić information content (AvgIpc) is 2.32. The number of ether oxygens (including phenoxy) is 1. The van der Waals surface area contributed by atoms with Crippen molar-refractivity contribution in [3.63, 3.8) is 0 Å². The van der Waals surface area contributed by atoms with E-state index in [4.69, 9.17) is 4.74 Å². The van der Waals surface area contributed by atoms with Gasteiger partial charge in [0.15, 0.2) is 0 Å². The number of nitrogens with one attached hydrogen (secondary N) is 1. The molecule has 1 heterocycles. The Morgan fingerprint density at radius 2 is 2.29 bits per heavy atom. The molecule has 0 bridgehead atoms. The Bertz CT molecular complexity index is 363. The number of aromatic nitrogens is 1. The Labute approximate surface area is 104 Å². The zero-order valence-electron chi connectivity index (χ0n) is 11.0. The maximum atomic E-state index is 5.88. The van der Waals surface area contributed by atoms with Crippen LogP contribution in [0.25, 0.3) is 0 Å². The lowest BCUT2D eigenvalue weighted by atomic mass is 10.2. The van der Waals surface area contributed by atoms with E-state index < -0.39 is 0 Å². The van der Waals surface area contributed by atoms with Crippen molar-refractivity contribution in [1.82, 2.24) is 10.3 Å². The maximum absolute atomic E-state index is 5.88. The molecule has 17 heavy (non-hydrogen) atoms. The Hall–Kier alpha value is -1.35. The SMILES string of the molecule is C=CCNCC(C)Oc1ccc(C)nc1CC. The molecule has 0 amide bonds. The minimum Gasteiger partial charge on any atom is -0.487 e. The van der Waals surface area contributed by atoms with Crippen LogP contribution in [0.2, 0.25) is 0 Å². The zero-order valence-corrected chi connectivity index (χ0v) is 11.0. The molecule has 1 N–H and O–H groups in total. The van der Waals surface area contributed by atoms with Gasteiger partial charge in [-0.05, 0) is 32.4 Å². The van der Waals surface area contributed by atoms with Crippen LogP contribution in [-0.4, -0.2) is 24.2 Å². The predicted molar refractivity (Wildman–Crippen MR) is 71.5 cm³/mol. The summed E-state index contributed by atoms with van der Waals surface area (Å²) in [6.07, 6.45) is 2.87. The van der Waals surface area contributed by atoms with E-state index in [0.717, 1.165) is 36.6 Å². The molecule has 0 saturated heterocycles. The first kappa shape index (κ1) is 13.7. The summed E-state index contributed by atoms with van der Waals surface area (Å²) in [7, 11) is 0. The van der Waals surface area contributed by atoms with E-state index in [1.165, 1.54) is 0 Å². The summed E-state index contributed by atoms with van der Waals surface area (Å²) in [4.78, 5) is 4.48. The fourth-order valence-corrected chi connectivity index (χ4v) is 1.61. The number of nitrogens with zero attached hydrogens (tertiary/aromatic N) is 1. The van der Waals surface area contributed by atoms with Crippen molar-refractivity contribution >= 4 is 0 Å². The highest BCUT2D eigenvalue weighted by molar-refractivity contribution is 5.29. The molecule has 0 fully saturated rings. The van der Waals surface area contributed by atoms with Gasteiger partial charge in [0.1, 0.15) is 11.9 Å². The van der Waals surface area contributed by atoms with Crippen LogP contribution in [0, 0.1) is 6.92 Å². The molecule has 1 unspecified atom stereocenters. The highest BCUT2D eigenvalue weighted by Gasteiger charge is 2.08. The van der Waals surface area contributed by atoms with Crippen LogP contribution in [-0.2, 0) is 6.42 Å². The Kier molecular flexibility index (Phi) is 5.70. The first-order valence-electron chi connectivity index (χ1n) is 6.12. The van der Waals surface area contributed by atoms with Gasteiger partial charge < -0.3 is 10.1 Å². The van der Waals surface area contributed by atoms with E-state index in [1.54, 1.807) is 0 Å². The van der Waals surface area contributed by atoms with Crippen molar-refractivity contribution in [3.05, 3.63) is 36.2 Å². The predicted octanol–water partition coefficient (Wildman–Crippen LogP) is 2.50. The van der Waals surface area contributed by atoms with Crippen LogP contribution < -0.4 is 10.1 Å². The third-order valence-corrected chi connectivity index (χ3v) is 2.46. The maximum Gasteiger partial charge on any atom is 0.141 e. The Balaban J connectivity index is 2.57. The van der Waals surface area contributed by atoms with Gasteiger partial charge >= 0.3 is 0 Å². The van der Waals surface area contributed by atoms with Gasteiger partial charge in [-0.2, -0.15) is 0 Å². The lowest BCUT2D eigenvalue weighted by Crippen LogP contribution is -2.29. The van der Waals surface area contributed by atoms with Crippen molar-refractivity contribution < 1.29 is 4.74 Å². The molecule has 0 aliphatic carbocycles. The van der Waals surface area contributed by atoms with Gasteiger partial charge in [0, 0.05) is 18.8 Å². The number of pyridine rings is 1. The fourth-order valence-electron chi connectivity index (χ4n) is 1.61. The summed E-state index contributed by atoms with van der Waals surface area (Å²) in [6, 6.07) is 3.99. The largest absolute Gasteiger partial charge is 0.487 e. The van der Waals surface area contributed by atoms with Crippen molar-refractivity contribution in [3.8, 4) is 5.75 Å². The van der Waals surface area contributed by atoms with Crippen molar-refractivity contribution in [2.24, 2.45) is 0 Å². The molecule has 0 saturated carbocycles. The molecule has 1 rings (SSSR count). The van der Waals surface area contributed by atoms with E-state index in [-0.39, 0.29) is 6.10 Å². The summed E-state index contributed by atoms with van der Waals surface area (Å²) >= 11 is 0. The quantitative estimate of drug-likeness (QED) is 0.581. The van der Waals surface area contributed by atoms with E-state index in [9.17, 15) is 0 Å². The molecule has 0 aromatic carbocycles. The smallest absolute Gasteiger partial charge is 0.141 e. The summed E-state index contributed by atoms with van der Waals surface area (Å²) in [5.74, 6) is 0.894. The monoisotopic (exact) mass is 234 g/mol. The van der Waals surface area contributed by atoms with Crippen molar-refractivity contribution in [2.75, 3.05) is 13.1 Å². The van der Waals surface area contributed by atoms with E-state index in [1.807, 2.05) is 25.1 Å². The zero-order chi connectivity index (χ0) is 12.7. The summed E-state index contributed by atoms with van der Waals surface area (Å²) in [5, 5.41) is 3.24. The second-order valence-electron chi connectivity index (χ2n) is 4.13. The molecule has 0 aliphatic heterocycles. The molecule has 3 heteroatoms. The lowest BCUT2D eigenvalue weighted by Gasteiger charge is -2.17. The second-order valence-corrected chi connectivity index (χ2v) is 4.13. The Morgan fingerprint density at radius 1 is 1.53 bits per heavy atom. The third-order valence-electron chi connectivity index (χ3n) is 2.46. The lowest BCUT2D eigenvalue weighted by molar-refractivity contribution is 0.216. The topological polar surface area (TPSA) is 34.1 Å². The van der Waals surface area contributed by atoms with Gasteiger partial charge in [-0.3, -0.25) is 4.98 Å². The Morgan fingerprint density at radius 3 is 2.94 bits per heavy atom. The van der Waals surface area contributed by atoms with Gasteiger partial charge in [0.25, 0.3) is 0 Å². The number of aryl methyl sites for hydroxylation is 2. The molecule has 1 aromatic heterocycles. The highest BCUT2D eigenvalue weighted by atomic mass is 16.5. The normalized spacial score (nSPS) is 12.2.